The van der Waals surface area contributed by atoms with E-state index in [0.717, 1.165) is 29.9 Å². The highest BCUT2D eigenvalue weighted by molar-refractivity contribution is 5.41. The van der Waals surface area contributed by atoms with Crippen LogP contribution in [0.25, 0.3) is 0 Å². The lowest BCUT2D eigenvalue weighted by atomic mass is 10.2. The molecule has 1 fully saturated rings. The average molecular weight is 221 g/mol. The molecule has 1 saturated carbocycles. The summed E-state index contributed by atoms with van der Waals surface area (Å²) >= 11 is 0. The first-order chi connectivity index (χ1) is 7.69. The first-order valence-electron chi connectivity index (χ1n) is 5.85. The summed E-state index contributed by atoms with van der Waals surface area (Å²) < 4.78 is 11.4. The van der Waals surface area contributed by atoms with Crippen molar-refractivity contribution in [1.82, 2.24) is 0 Å². The van der Waals surface area contributed by atoms with Gasteiger partial charge in [-0.15, -0.1) is 0 Å². The molecule has 1 aliphatic carbocycles. The molecule has 0 saturated heterocycles. The smallest absolute Gasteiger partial charge is 0.127 e. The molecular weight excluding hydrogens is 202 g/mol. The van der Waals surface area contributed by atoms with Crippen LogP contribution in [0.4, 0.5) is 0 Å². The molecule has 0 heterocycles. The van der Waals surface area contributed by atoms with Crippen molar-refractivity contribution in [2.24, 2.45) is 5.73 Å². The van der Waals surface area contributed by atoms with E-state index in [0.29, 0.717) is 12.6 Å². The molecule has 0 spiro atoms. The maximum absolute atomic E-state index is 5.81. The topological polar surface area (TPSA) is 44.5 Å². The lowest BCUT2D eigenvalue weighted by molar-refractivity contribution is 0.239. The van der Waals surface area contributed by atoms with E-state index in [1.165, 1.54) is 0 Å². The molecule has 0 aromatic heterocycles. The molecule has 1 aromatic carbocycles. The highest BCUT2D eigenvalue weighted by atomic mass is 16.5. The minimum Gasteiger partial charge on any atom is -0.491 e. The summed E-state index contributed by atoms with van der Waals surface area (Å²) in [6.07, 6.45) is 2.87. The van der Waals surface area contributed by atoms with Crippen LogP contribution in [0.3, 0.4) is 0 Å². The Balaban J connectivity index is 2.15. The van der Waals surface area contributed by atoms with E-state index >= 15 is 0 Å². The minimum absolute atomic E-state index is 0.178. The van der Waals surface area contributed by atoms with Gasteiger partial charge in [-0.05, 0) is 32.8 Å². The molecule has 2 N–H and O–H groups in total. The lowest BCUT2D eigenvalue weighted by Crippen LogP contribution is -2.08. The van der Waals surface area contributed by atoms with Gasteiger partial charge in [0.15, 0.2) is 0 Å². The third kappa shape index (κ3) is 2.89. The second kappa shape index (κ2) is 4.74. The van der Waals surface area contributed by atoms with E-state index in [1.807, 2.05) is 32.0 Å². The van der Waals surface area contributed by atoms with Gasteiger partial charge in [-0.25, -0.2) is 0 Å². The summed E-state index contributed by atoms with van der Waals surface area (Å²) in [5, 5.41) is 0. The third-order valence-electron chi connectivity index (χ3n) is 2.45. The van der Waals surface area contributed by atoms with Crippen molar-refractivity contribution < 1.29 is 9.47 Å². The number of rotatable bonds is 5. The van der Waals surface area contributed by atoms with Gasteiger partial charge in [0.2, 0.25) is 0 Å². The molecule has 1 aliphatic rings. The second-order valence-corrected chi connectivity index (χ2v) is 4.46. The largest absolute Gasteiger partial charge is 0.491 e. The summed E-state index contributed by atoms with van der Waals surface area (Å²) in [7, 11) is 0. The van der Waals surface area contributed by atoms with E-state index in [2.05, 4.69) is 0 Å². The first-order valence-corrected chi connectivity index (χ1v) is 5.85. The van der Waals surface area contributed by atoms with Gasteiger partial charge in [0, 0.05) is 18.2 Å². The predicted octanol–water partition coefficient (Wildman–Crippen LogP) is 2.47. The zero-order chi connectivity index (χ0) is 11.5. The molecule has 0 amide bonds. The fourth-order valence-electron chi connectivity index (χ4n) is 1.52. The Morgan fingerprint density at radius 3 is 2.69 bits per heavy atom. The monoisotopic (exact) mass is 221 g/mol. The van der Waals surface area contributed by atoms with E-state index in [4.69, 9.17) is 15.2 Å². The maximum atomic E-state index is 5.81. The molecule has 88 valence electrons. The Morgan fingerprint density at radius 1 is 1.38 bits per heavy atom. The normalized spacial score (nSPS) is 15.2. The summed E-state index contributed by atoms with van der Waals surface area (Å²) in [4.78, 5) is 0. The SMILES string of the molecule is CC(C)Oc1ccc(CN)c(OC2CC2)c1. The number of nitrogens with two attached hydrogens (primary N) is 1. The van der Waals surface area contributed by atoms with Crippen LogP contribution >= 0.6 is 0 Å². The molecule has 0 bridgehead atoms. The van der Waals surface area contributed by atoms with Crippen LogP contribution in [0.5, 0.6) is 11.5 Å². The Kier molecular flexibility index (Phi) is 3.34. The molecule has 2 rings (SSSR count). The summed E-state index contributed by atoms with van der Waals surface area (Å²) in [6.45, 7) is 4.53. The van der Waals surface area contributed by atoms with Crippen molar-refractivity contribution in [2.45, 2.75) is 45.4 Å². The molecule has 1 aromatic rings. The van der Waals surface area contributed by atoms with Crippen LogP contribution < -0.4 is 15.2 Å². The Labute approximate surface area is 96.5 Å². The van der Waals surface area contributed by atoms with Crippen molar-refractivity contribution in [3.8, 4) is 11.5 Å². The van der Waals surface area contributed by atoms with Crippen molar-refractivity contribution in [2.75, 3.05) is 0 Å². The van der Waals surface area contributed by atoms with E-state index < -0.39 is 0 Å². The van der Waals surface area contributed by atoms with Gasteiger partial charge >= 0.3 is 0 Å². The van der Waals surface area contributed by atoms with Crippen LogP contribution in [-0.2, 0) is 6.54 Å². The number of hydrogen-bond acceptors (Lipinski definition) is 3. The van der Waals surface area contributed by atoms with Crippen LogP contribution in [0.2, 0.25) is 0 Å². The van der Waals surface area contributed by atoms with Crippen molar-refractivity contribution in [1.29, 1.82) is 0 Å². The molecule has 0 unspecified atom stereocenters. The number of ether oxygens (including phenoxy) is 2. The fourth-order valence-corrected chi connectivity index (χ4v) is 1.52. The Hall–Kier alpha value is -1.22. The third-order valence-corrected chi connectivity index (χ3v) is 2.45. The van der Waals surface area contributed by atoms with Crippen LogP contribution in [0.1, 0.15) is 32.3 Å². The summed E-state index contributed by atoms with van der Waals surface area (Å²) in [5.74, 6) is 1.73. The molecule has 16 heavy (non-hydrogen) atoms. The van der Waals surface area contributed by atoms with E-state index in [9.17, 15) is 0 Å². The molecule has 0 radical (unpaired) electrons. The zero-order valence-electron chi connectivity index (χ0n) is 9.90. The van der Waals surface area contributed by atoms with Gasteiger partial charge < -0.3 is 15.2 Å². The van der Waals surface area contributed by atoms with E-state index in [-0.39, 0.29) is 6.10 Å². The standard InChI is InChI=1S/C13H19NO2/c1-9(2)15-12-4-3-10(8-14)13(7-12)16-11-5-6-11/h3-4,7,9,11H,5-6,8,14H2,1-2H3. The fraction of sp³-hybridized carbons (Fsp3) is 0.538. The average Bonchev–Trinajstić information content (AvgIpc) is 3.01. The van der Waals surface area contributed by atoms with Crippen molar-refractivity contribution in [3.63, 3.8) is 0 Å². The van der Waals surface area contributed by atoms with Gasteiger partial charge in [-0.2, -0.15) is 0 Å². The molecule has 0 aliphatic heterocycles. The van der Waals surface area contributed by atoms with E-state index in [1.54, 1.807) is 0 Å². The Bertz CT molecular complexity index is 359. The predicted molar refractivity (Wildman–Crippen MR) is 63.7 cm³/mol. The van der Waals surface area contributed by atoms with Gasteiger partial charge in [0.1, 0.15) is 11.5 Å². The second-order valence-electron chi connectivity index (χ2n) is 4.46. The zero-order valence-corrected chi connectivity index (χ0v) is 9.90. The van der Waals surface area contributed by atoms with Gasteiger partial charge in [-0.3, -0.25) is 0 Å². The first kappa shape index (κ1) is 11.3. The van der Waals surface area contributed by atoms with Crippen molar-refractivity contribution >= 4 is 0 Å². The molecule has 3 nitrogen and oxygen atoms in total. The number of benzene rings is 1. The van der Waals surface area contributed by atoms with Gasteiger partial charge in [0.05, 0.1) is 12.2 Å². The van der Waals surface area contributed by atoms with Crippen LogP contribution in [0.15, 0.2) is 18.2 Å². The molecular formula is C13H19NO2. The van der Waals surface area contributed by atoms with Crippen molar-refractivity contribution in [3.05, 3.63) is 23.8 Å². The summed E-state index contributed by atoms with van der Waals surface area (Å²) in [6, 6.07) is 5.87. The summed E-state index contributed by atoms with van der Waals surface area (Å²) in [5.41, 5.74) is 6.72. The van der Waals surface area contributed by atoms with Gasteiger partial charge in [-0.1, -0.05) is 6.07 Å². The highest BCUT2D eigenvalue weighted by Crippen LogP contribution is 2.31. The highest BCUT2D eigenvalue weighted by Gasteiger charge is 2.24. The minimum atomic E-state index is 0.178. The molecule has 0 atom stereocenters. The van der Waals surface area contributed by atoms with Gasteiger partial charge in [0.25, 0.3) is 0 Å². The van der Waals surface area contributed by atoms with Crippen LogP contribution in [-0.4, -0.2) is 12.2 Å². The quantitative estimate of drug-likeness (QED) is 0.830. The number of hydrogen-bond donors (Lipinski definition) is 1. The van der Waals surface area contributed by atoms with Crippen LogP contribution in [0, 0.1) is 0 Å². The Morgan fingerprint density at radius 2 is 2.12 bits per heavy atom. The molecule has 3 heteroatoms. The maximum Gasteiger partial charge on any atom is 0.127 e. The lowest BCUT2D eigenvalue weighted by Gasteiger charge is -2.14.